The third-order valence-corrected chi connectivity index (χ3v) is 6.21. The maximum absolute atomic E-state index is 13.5. The van der Waals surface area contributed by atoms with Crippen LogP contribution in [0.25, 0.3) is 10.9 Å². The molecule has 0 saturated carbocycles. The van der Waals surface area contributed by atoms with E-state index in [-0.39, 0.29) is 11.2 Å². The average molecular weight is 530 g/mol. The van der Waals surface area contributed by atoms with Gasteiger partial charge in [0.05, 0.1) is 5.52 Å². The molecule has 190 valence electrons. The molecule has 10 heteroatoms. The molecule has 2 heterocycles. The number of anilines is 1. The van der Waals surface area contributed by atoms with Gasteiger partial charge in [0, 0.05) is 43.0 Å². The molecule has 1 aliphatic rings. The Balaban J connectivity index is 1.48. The fourth-order valence-electron chi connectivity index (χ4n) is 4.14. The predicted molar refractivity (Wildman–Crippen MR) is 142 cm³/mol. The van der Waals surface area contributed by atoms with Gasteiger partial charge in [0.1, 0.15) is 17.5 Å². The lowest BCUT2D eigenvalue weighted by atomic mass is 10.0. The lowest BCUT2D eigenvalue weighted by Gasteiger charge is -2.37. The normalized spacial score (nSPS) is 15.0. The van der Waals surface area contributed by atoms with Gasteiger partial charge >= 0.3 is 6.09 Å². The molecule has 8 nitrogen and oxygen atoms in total. The molecule has 36 heavy (non-hydrogen) atoms. The summed E-state index contributed by atoms with van der Waals surface area (Å²) < 4.78 is 5.41. The van der Waals surface area contributed by atoms with Gasteiger partial charge in [-0.15, -0.1) is 0 Å². The number of ether oxygens (including phenoxy) is 1. The van der Waals surface area contributed by atoms with Crippen LogP contribution in [0.5, 0.6) is 0 Å². The number of fused-ring (bicyclic) bond motifs is 1. The number of carbonyl (C=O) groups is 2. The van der Waals surface area contributed by atoms with E-state index in [1.807, 2.05) is 36.4 Å². The number of piperazine rings is 1. The number of alkyl carbamates (subject to hydrolysis) is 1. The first-order valence-electron chi connectivity index (χ1n) is 11.8. The van der Waals surface area contributed by atoms with E-state index in [0.29, 0.717) is 37.6 Å². The van der Waals surface area contributed by atoms with Crippen LogP contribution in [-0.2, 0) is 16.0 Å². The second-order valence-electron chi connectivity index (χ2n) is 9.68. The van der Waals surface area contributed by atoms with Gasteiger partial charge in [0.15, 0.2) is 0 Å². The largest absolute Gasteiger partial charge is 0.444 e. The van der Waals surface area contributed by atoms with Crippen molar-refractivity contribution in [1.82, 2.24) is 20.2 Å². The van der Waals surface area contributed by atoms with E-state index in [0.717, 1.165) is 22.3 Å². The minimum atomic E-state index is -0.776. The van der Waals surface area contributed by atoms with Crippen molar-refractivity contribution in [2.45, 2.75) is 38.8 Å². The third-order valence-electron chi connectivity index (χ3n) is 5.79. The fourth-order valence-corrected chi connectivity index (χ4v) is 4.44. The number of amides is 2. The van der Waals surface area contributed by atoms with E-state index in [1.165, 1.54) is 0 Å². The van der Waals surface area contributed by atoms with Crippen molar-refractivity contribution >= 4 is 51.9 Å². The van der Waals surface area contributed by atoms with Gasteiger partial charge in [0.25, 0.3) is 0 Å². The Morgan fingerprint density at radius 3 is 2.33 bits per heavy atom. The molecule has 2 aromatic carbocycles. The number of hydrogen-bond acceptors (Lipinski definition) is 6. The summed E-state index contributed by atoms with van der Waals surface area (Å²) in [5.74, 6) is 0.586. The van der Waals surface area contributed by atoms with Crippen molar-refractivity contribution in [2.24, 2.45) is 0 Å². The van der Waals surface area contributed by atoms with Crippen molar-refractivity contribution in [1.29, 1.82) is 0 Å². The molecule has 1 atom stereocenters. The molecule has 1 aromatic heterocycles. The highest BCUT2D eigenvalue weighted by Gasteiger charge is 2.31. The van der Waals surface area contributed by atoms with Gasteiger partial charge in [-0.3, -0.25) is 4.79 Å². The van der Waals surface area contributed by atoms with E-state index in [1.54, 1.807) is 37.8 Å². The lowest BCUT2D eigenvalue weighted by Crippen LogP contribution is -2.56. The van der Waals surface area contributed by atoms with Gasteiger partial charge in [0.2, 0.25) is 11.2 Å². The summed E-state index contributed by atoms with van der Waals surface area (Å²) in [5, 5.41) is 4.48. The van der Waals surface area contributed by atoms with E-state index in [4.69, 9.17) is 27.9 Å². The number of nitrogens with zero attached hydrogens (tertiary/aromatic N) is 4. The highest BCUT2D eigenvalue weighted by atomic mass is 35.5. The predicted octanol–water partition coefficient (Wildman–Crippen LogP) is 4.72. The molecule has 4 rings (SSSR count). The van der Waals surface area contributed by atoms with Crippen molar-refractivity contribution < 1.29 is 14.3 Å². The number of nitrogens with one attached hydrogen (secondary N) is 1. The zero-order valence-corrected chi connectivity index (χ0v) is 22.0. The molecule has 1 N–H and O–H groups in total. The zero-order chi connectivity index (χ0) is 25.9. The number of aromatic nitrogens is 2. The van der Waals surface area contributed by atoms with E-state index >= 15 is 0 Å². The molecule has 2 amide bonds. The molecule has 0 spiro atoms. The monoisotopic (exact) mass is 529 g/mol. The molecular weight excluding hydrogens is 501 g/mol. The number of carbonyl (C=O) groups excluding carboxylic acids is 2. The van der Waals surface area contributed by atoms with Crippen LogP contribution in [-0.4, -0.2) is 64.7 Å². The van der Waals surface area contributed by atoms with Crippen molar-refractivity contribution in [3.8, 4) is 0 Å². The Kier molecular flexibility index (Phi) is 7.85. The van der Waals surface area contributed by atoms with Gasteiger partial charge in [-0.25, -0.2) is 9.78 Å². The van der Waals surface area contributed by atoms with Gasteiger partial charge in [-0.2, -0.15) is 4.98 Å². The van der Waals surface area contributed by atoms with Crippen LogP contribution in [0.15, 0.2) is 48.5 Å². The summed E-state index contributed by atoms with van der Waals surface area (Å²) >= 11 is 12.2. The van der Waals surface area contributed by atoms with Crippen molar-refractivity contribution in [3.63, 3.8) is 0 Å². The summed E-state index contributed by atoms with van der Waals surface area (Å²) in [7, 11) is 0. The maximum Gasteiger partial charge on any atom is 0.408 e. The Hall–Kier alpha value is -3.10. The molecule has 1 aliphatic heterocycles. The van der Waals surface area contributed by atoms with Crippen LogP contribution in [0.1, 0.15) is 26.3 Å². The van der Waals surface area contributed by atoms with Gasteiger partial charge in [-0.1, -0.05) is 35.9 Å². The Bertz CT molecular complexity index is 1240. The number of benzene rings is 2. The molecule has 1 saturated heterocycles. The van der Waals surface area contributed by atoms with E-state index < -0.39 is 17.7 Å². The van der Waals surface area contributed by atoms with Crippen molar-refractivity contribution in [2.75, 3.05) is 31.1 Å². The molecule has 0 radical (unpaired) electrons. The van der Waals surface area contributed by atoms with Crippen LogP contribution in [0.4, 0.5) is 10.6 Å². The average Bonchev–Trinajstić information content (AvgIpc) is 2.83. The van der Waals surface area contributed by atoms with Gasteiger partial charge < -0.3 is 19.9 Å². The highest BCUT2D eigenvalue weighted by Crippen LogP contribution is 2.26. The molecule has 1 unspecified atom stereocenters. The fraction of sp³-hybridized carbons (Fsp3) is 0.385. The molecule has 0 bridgehead atoms. The Labute approximate surface area is 220 Å². The van der Waals surface area contributed by atoms with Crippen LogP contribution in [0.2, 0.25) is 10.3 Å². The number of rotatable bonds is 5. The summed E-state index contributed by atoms with van der Waals surface area (Å²) in [6, 6.07) is 14.2. The minimum absolute atomic E-state index is 0.166. The lowest BCUT2D eigenvalue weighted by molar-refractivity contribution is -0.133. The topological polar surface area (TPSA) is 87.7 Å². The summed E-state index contributed by atoms with van der Waals surface area (Å²) in [4.78, 5) is 38.7. The number of hydrogen-bond donors (Lipinski definition) is 1. The first-order chi connectivity index (χ1) is 17.1. The van der Waals surface area contributed by atoms with Gasteiger partial charge in [-0.05, 0) is 62.2 Å². The molecule has 1 fully saturated rings. The third kappa shape index (κ3) is 6.56. The highest BCUT2D eigenvalue weighted by molar-refractivity contribution is 6.30. The van der Waals surface area contributed by atoms with E-state index in [9.17, 15) is 9.59 Å². The first-order valence-corrected chi connectivity index (χ1v) is 12.5. The minimum Gasteiger partial charge on any atom is -0.444 e. The first kappa shape index (κ1) is 26.0. The second-order valence-corrected chi connectivity index (χ2v) is 10.4. The summed E-state index contributed by atoms with van der Waals surface area (Å²) in [6.45, 7) is 7.44. The smallest absolute Gasteiger partial charge is 0.408 e. The molecule has 3 aromatic rings. The maximum atomic E-state index is 13.5. The summed E-state index contributed by atoms with van der Waals surface area (Å²) in [5.41, 5.74) is 0.982. The standard InChI is InChI=1S/C26H29Cl2N5O3/c1-26(2,3)36-25(35)30-21(16-17-8-10-18(27)11-9-17)23(34)33-14-12-32(13-15-33)22-19-6-4-5-7-20(19)29-24(28)31-22/h4-11,21H,12-16H2,1-3H3,(H,30,35). The van der Waals surface area contributed by atoms with Crippen LogP contribution < -0.4 is 10.2 Å². The van der Waals surface area contributed by atoms with E-state index in [2.05, 4.69) is 20.2 Å². The summed E-state index contributed by atoms with van der Waals surface area (Å²) in [6.07, 6.45) is -0.308. The SMILES string of the molecule is CC(C)(C)OC(=O)NC(Cc1ccc(Cl)cc1)C(=O)N1CCN(c2nc(Cl)nc3ccccc23)CC1. The molecule has 0 aliphatic carbocycles. The number of halogens is 2. The van der Waals surface area contributed by atoms with Crippen molar-refractivity contribution in [3.05, 3.63) is 64.4 Å². The Morgan fingerprint density at radius 2 is 1.67 bits per heavy atom. The molecular formula is C26H29Cl2N5O3. The zero-order valence-electron chi connectivity index (χ0n) is 20.5. The Morgan fingerprint density at radius 1 is 1.00 bits per heavy atom. The second kappa shape index (κ2) is 10.9. The van der Waals surface area contributed by atoms with Crippen LogP contribution in [0, 0.1) is 0 Å². The quantitative estimate of drug-likeness (QED) is 0.481. The number of para-hydroxylation sites is 1. The van der Waals surface area contributed by atoms with Crippen LogP contribution in [0.3, 0.4) is 0 Å². The van der Waals surface area contributed by atoms with Crippen LogP contribution >= 0.6 is 23.2 Å².